The van der Waals surface area contributed by atoms with E-state index in [-0.39, 0.29) is 11.6 Å². The van der Waals surface area contributed by atoms with E-state index in [1.165, 1.54) is 11.3 Å². The molecule has 0 saturated carbocycles. The van der Waals surface area contributed by atoms with E-state index in [1.807, 2.05) is 39.3 Å². The first-order valence-electron chi connectivity index (χ1n) is 4.96. The van der Waals surface area contributed by atoms with E-state index in [1.54, 1.807) is 0 Å². The van der Waals surface area contributed by atoms with Gasteiger partial charge in [-0.15, -0.1) is 0 Å². The minimum absolute atomic E-state index is 0.201. The van der Waals surface area contributed by atoms with E-state index in [0.29, 0.717) is 0 Å². The number of carbonyl (C=O) groups is 1. The number of aromatic nitrogens is 1. The number of thiazole rings is 1. The smallest absolute Gasteiger partial charge is 0.320 e. The van der Waals surface area contributed by atoms with Crippen molar-refractivity contribution in [1.29, 1.82) is 0 Å². The van der Waals surface area contributed by atoms with Crippen molar-refractivity contribution in [1.82, 2.24) is 9.88 Å². The monoisotopic (exact) mass is 259 g/mol. The van der Waals surface area contributed by atoms with Gasteiger partial charge in [0.2, 0.25) is 0 Å². The van der Waals surface area contributed by atoms with Crippen molar-refractivity contribution in [3.8, 4) is 0 Å². The summed E-state index contributed by atoms with van der Waals surface area (Å²) >= 11 is 6.54. The molecule has 0 bridgehead atoms. The summed E-state index contributed by atoms with van der Waals surface area (Å²) in [4.78, 5) is 11.6. The number of nitrogens with zero attached hydrogens (tertiary/aromatic N) is 1. The van der Waals surface area contributed by atoms with Crippen LogP contribution in [0.2, 0.25) is 0 Å². The molecule has 0 fully saturated rings. The summed E-state index contributed by atoms with van der Waals surface area (Å²) in [7, 11) is 1.89. The second-order valence-corrected chi connectivity index (χ2v) is 6.31. The third-order valence-corrected chi connectivity index (χ3v) is 3.58. The highest BCUT2D eigenvalue weighted by Crippen LogP contribution is 2.23. The third kappa shape index (κ3) is 3.31. The molecule has 0 aliphatic rings. The highest BCUT2D eigenvalue weighted by Gasteiger charge is 2.15. The Labute approximate surface area is 105 Å². The lowest BCUT2D eigenvalue weighted by molar-refractivity contribution is 0.244. The summed E-state index contributed by atoms with van der Waals surface area (Å²) in [5.41, 5.74) is 0.730. The summed E-state index contributed by atoms with van der Waals surface area (Å²) in [5, 5.41) is 6.45. The number of nitrogens with one attached hydrogen (secondary N) is 2. The Morgan fingerprint density at radius 3 is 2.38 bits per heavy atom. The molecule has 4 nitrogen and oxygen atoms in total. The van der Waals surface area contributed by atoms with Crippen molar-refractivity contribution in [2.45, 2.75) is 33.2 Å². The fourth-order valence-corrected chi connectivity index (χ4v) is 2.37. The van der Waals surface area contributed by atoms with Crippen LogP contribution in [0, 0.1) is 10.9 Å². The van der Waals surface area contributed by atoms with E-state index in [0.717, 1.165) is 14.6 Å². The second-order valence-electron chi connectivity index (χ2n) is 4.67. The molecule has 90 valence electrons. The molecule has 1 aromatic heterocycles. The van der Waals surface area contributed by atoms with Gasteiger partial charge < -0.3 is 9.88 Å². The highest BCUT2D eigenvalue weighted by molar-refractivity contribution is 7.73. The highest BCUT2D eigenvalue weighted by atomic mass is 32.1. The lowest BCUT2D eigenvalue weighted by atomic mass is 10.1. The molecule has 0 unspecified atom stereocenters. The Bertz CT molecular complexity index is 454. The number of urea groups is 1. The average molecular weight is 259 g/mol. The zero-order chi connectivity index (χ0) is 12.5. The summed E-state index contributed by atoms with van der Waals surface area (Å²) in [5.74, 6) is 0. The fourth-order valence-electron chi connectivity index (χ4n) is 1.11. The molecule has 16 heavy (non-hydrogen) atoms. The third-order valence-electron chi connectivity index (χ3n) is 2.01. The summed E-state index contributed by atoms with van der Waals surface area (Å²) < 4.78 is 2.63. The van der Waals surface area contributed by atoms with Gasteiger partial charge in [-0.1, -0.05) is 11.3 Å². The first kappa shape index (κ1) is 13.2. The molecule has 1 aromatic rings. The van der Waals surface area contributed by atoms with Gasteiger partial charge in [-0.3, -0.25) is 5.32 Å². The molecular weight excluding hydrogens is 242 g/mol. The lowest BCUT2D eigenvalue weighted by Crippen LogP contribution is -2.43. The standard InChI is InChI=1S/C10H17N3OS2/c1-6-7(16-9(15)13(6)5)11-8(14)12-10(2,3)4/h1-5H3,(H2,11,12,14). The molecule has 6 heteroatoms. The number of hydrogen-bond acceptors (Lipinski definition) is 3. The molecule has 0 aromatic carbocycles. The minimum atomic E-state index is -0.242. The van der Waals surface area contributed by atoms with Gasteiger partial charge in [-0.25, -0.2) is 4.79 Å². The molecule has 1 heterocycles. The molecule has 2 amide bonds. The van der Waals surface area contributed by atoms with Crippen LogP contribution in [-0.4, -0.2) is 16.1 Å². The largest absolute Gasteiger partial charge is 0.333 e. The van der Waals surface area contributed by atoms with E-state index in [4.69, 9.17) is 12.2 Å². The summed E-state index contributed by atoms with van der Waals surface area (Å²) in [6.45, 7) is 7.74. The molecule has 0 spiro atoms. The zero-order valence-corrected chi connectivity index (χ0v) is 11.8. The van der Waals surface area contributed by atoms with Crippen LogP contribution in [0.5, 0.6) is 0 Å². The summed E-state index contributed by atoms with van der Waals surface area (Å²) in [6.07, 6.45) is 0. The van der Waals surface area contributed by atoms with Gasteiger partial charge in [0.15, 0.2) is 3.95 Å². The summed E-state index contributed by atoms with van der Waals surface area (Å²) in [6, 6.07) is -0.201. The van der Waals surface area contributed by atoms with Gasteiger partial charge in [0.25, 0.3) is 0 Å². The van der Waals surface area contributed by atoms with Crippen LogP contribution in [0.3, 0.4) is 0 Å². The molecule has 0 saturated heterocycles. The van der Waals surface area contributed by atoms with E-state index >= 15 is 0 Å². The van der Waals surface area contributed by atoms with Gasteiger partial charge in [0, 0.05) is 12.6 Å². The first-order chi connectivity index (χ1) is 7.20. The van der Waals surface area contributed by atoms with Crippen molar-refractivity contribution >= 4 is 34.6 Å². The number of carbonyl (C=O) groups excluding carboxylic acids is 1. The van der Waals surface area contributed by atoms with Crippen LogP contribution in [0.15, 0.2) is 0 Å². The maximum Gasteiger partial charge on any atom is 0.320 e. The number of amides is 2. The Morgan fingerprint density at radius 2 is 2.00 bits per heavy atom. The van der Waals surface area contributed by atoms with E-state index < -0.39 is 0 Å². The van der Waals surface area contributed by atoms with Crippen molar-refractivity contribution in [3.63, 3.8) is 0 Å². The average Bonchev–Trinajstić information content (AvgIpc) is 2.30. The molecule has 1 rings (SSSR count). The minimum Gasteiger partial charge on any atom is -0.333 e. The molecule has 0 aliphatic carbocycles. The maximum absolute atomic E-state index is 11.6. The van der Waals surface area contributed by atoms with Gasteiger partial charge >= 0.3 is 6.03 Å². The van der Waals surface area contributed by atoms with Crippen LogP contribution in [0.4, 0.5) is 9.80 Å². The van der Waals surface area contributed by atoms with E-state index in [2.05, 4.69) is 10.6 Å². The second kappa shape index (κ2) is 4.55. The SMILES string of the molecule is Cc1c(NC(=O)NC(C)(C)C)sc(=S)n1C. The lowest BCUT2D eigenvalue weighted by Gasteiger charge is -2.20. The van der Waals surface area contributed by atoms with Gasteiger partial charge in [0.1, 0.15) is 5.00 Å². The van der Waals surface area contributed by atoms with Crippen LogP contribution in [0.1, 0.15) is 26.5 Å². The number of anilines is 1. The Hall–Kier alpha value is -0.880. The van der Waals surface area contributed by atoms with Crippen LogP contribution >= 0.6 is 23.6 Å². The maximum atomic E-state index is 11.6. The van der Waals surface area contributed by atoms with Crippen molar-refractivity contribution in [3.05, 3.63) is 9.65 Å². The Kier molecular flexibility index (Phi) is 3.75. The number of rotatable bonds is 1. The van der Waals surface area contributed by atoms with Crippen LogP contribution < -0.4 is 10.6 Å². The van der Waals surface area contributed by atoms with Gasteiger partial charge in [0.05, 0.1) is 5.69 Å². The predicted molar refractivity (Wildman–Crippen MR) is 70.8 cm³/mol. The zero-order valence-electron chi connectivity index (χ0n) is 10.2. The van der Waals surface area contributed by atoms with Crippen molar-refractivity contribution in [2.24, 2.45) is 7.05 Å². The normalized spacial score (nSPS) is 11.3. The van der Waals surface area contributed by atoms with E-state index in [9.17, 15) is 4.79 Å². The quantitative estimate of drug-likeness (QED) is 0.761. The molecular formula is C10H17N3OS2. The fraction of sp³-hybridized carbons (Fsp3) is 0.600. The topological polar surface area (TPSA) is 46.1 Å². The Balaban J connectivity index is 2.78. The molecule has 2 N–H and O–H groups in total. The van der Waals surface area contributed by atoms with Gasteiger partial charge in [-0.2, -0.15) is 0 Å². The van der Waals surface area contributed by atoms with Crippen LogP contribution in [0.25, 0.3) is 0 Å². The number of hydrogen-bond donors (Lipinski definition) is 2. The first-order valence-corrected chi connectivity index (χ1v) is 6.19. The Morgan fingerprint density at radius 1 is 1.44 bits per heavy atom. The van der Waals surface area contributed by atoms with Crippen LogP contribution in [-0.2, 0) is 7.05 Å². The molecule has 0 radical (unpaired) electrons. The molecule has 0 atom stereocenters. The van der Waals surface area contributed by atoms with Crippen molar-refractivity contribution in [2.75, 3.05) is 5.32 Å². The van der Waals surface area contributed by atoms with Crippen molar-refractivity contribution < 1.29 is 4.79 Å². The predicted octanol–water partition coefficient (Wildman–Crippen LogP) is 3.04. The van der Waals surface area contributed by atoms with Gasteiger partial charge in [-0.05, 0) is 39.9 Å². The molecule has 0 aliphatic heterocycles.